The van der Waals surface area contributed by atoms with Crippen LogP contribution in [0.1, 0.15) is 149 Å². The van der Waals surface area contributed by atoms with Crippen LogP contribution in [0, 0.1) is 5.92 Å². The maximum Gasteiger partial charge on any atom is 0.311 e. The maximum absolute atomic E-state index is 12.6. The van der Waals surface area contributed by atoms with Crippen molar-refractivity contribution in [1.29, 1.82) is 0 Å². The van der Waals surface area contributed by atoms with E-state index in [0.717, 1.165) is 12.8 Å². The summed E-state index contributed by atoms with van der Waals surface area (Å²) in [5.41, 5.74) is 0. The number of benzene rings is 1. The van der Waals surface area contributed by atoms with Gasteiger partial charge in [0.05, 0.1) is 0 Å². The number of hydrogen-bond donors (Lipinski definition) is 1. The molecular weight excluding hydrogens is 420 g/mol. The van der Waals surface area contributed by atoms with Gasteiger partial charge in [-0.05, 0) is 30.9 Å². The van der Waals surface area contributed by atoms with Crippen LogP contribution in [-0.2, 0) is 4.79 Å². The van der Waals surface area contributed by atoms with Crippen LogP contribution >= 0.6 is 0 Å². The molecule has 0 radical (unpaired) electrons. The lowest BCUT2D eigenvalue weighted by Gasteiger charge is -2.16. The topological polar surface area (TPSA) is 46.5 Å². The van der Waals surface area contributed by atoms with E-state index in [1.54, 1.807) is 24.3 Å². The zero-order chi connectivity index (χ0) is 24.7. The zero-order valence-corrected chi connectivity index (χ0v) is 22.5. The fourth-order valence-electron chi connectivity index (χ4n) is 4.78. The van der Waals surface area contributed by atoms with Crippen molar-refractivity contribution in [3.8, 4) is 11.5 Å². The van der Waals surface area contributed by atoms with Crippen LogP contribution in [0.3, 0.4) is 0 Å². The molecule has 196 valence electrons. The highest BCUT2D eigenvalue weighted by Gasteiger charge is 2.16. The van der Waals surface area contributed by atoms with Gasteiger partial charge in [-0.25, -0.2) is 0 Å². The van der Waals surface area contributed by atoms with Crippen LogP contribution in [-0.4, -0.2) is 11.1 Å². The van der Waals surface area contributed by atoms with Crippen LogP contribution in [0.5, 0.6) is 11.5 Å². The third kappa shape index (κ3) is 17.0. The molecule has 3 heteroatoms. The summed E-state index contributed by atoms with van der Waals surface area (Å²) in [4.78, 5) is 12.6. The number of esters is 1. The van der Waals surface area contributed by atoms with E-state index in [4.69, 9.17) is 4.74 Å². The Morgan fingerprint density at radius 2 is 1.09 bits per heavy atom. The average molecular weight is 475 g/mol. The predicted octanol–water partition coefficient (Wildman–Crippen LogP) is 10.1. The number of para-hydroxylation sites is 2. The molecule has 0 saturated carbocycles. The quantitative estimate of drug-likeness (QED) is 0.0974. The van der Waals surface area contributed by atoms with Gasteiger partial charge in [0.25, 0.3) is 0 Å². The number of phenols is 1. The fourth-order valence-corrected chi connectivity index (χ4v) is 4.78. The summed E-state index contributed by atoms with van der Waals surface area (Å²) in [7, 11) is 0. The van der Waals surface area contributed by atoms with Gasteiger partial charge in [-0.15, -0.1) is 0 Å². The van der Waals surface area contributed by atoms with Crippen molar-refractivity contribution in [2.75, 3.05) is 0 Å². The molecule has 0 bridgehead atoms. The summed E-state index contributed by atoms with van der Waals surface area (Å²) in [6, 6.07) is 6.74. The maximum atomic E-state index is 12.6. The smallest absolute Gasteiger partial charge is 0.311 e. The Bertz CT molecular complexity index is 598. The van der Waals surface area contributed by atoms with Crippen LogP contribution < -0.4 is 4.74 Å². The third-order valence-electron chi connectivity index (χ3n) is 6.98. The lowest BCUT2D eigenvalue weighted by Crippen LogP contribution is -2.14. The molecule has 0 aliphatic rings. The summed E-state index contributed by atoms with van der Waals surface area (Å²) in [5, 5.41) is 9.90. The molecule has 0 fully saturated rings. The monoisotopic (exact) mass is 474 g/mol. The second-order valence-corrected chi connectivity index (χ2v) is 10.2. The van der Waals surface area contributed by atoms with Gasteiger partial charge in [-0.3, -0.25) is 4.79 Å². The van der Waals surface area contributed by atoms with Crippen LogP contribution in [0.2, 0.25) is 0 Å². The first-order valence-corrected chi connectivity index (χ1v) is 14.7. The van der Waals surface area contributed by atoms with Crippen molar-refractivity contribution in [2.45, 2.75) is 149 Å². The number of hydrogen-bond acceptors (Lipinski definition) is 3. The Balaban J connectivity index is 2.29. The highest BCUT2D eigenvalue weighted by molar-refractivity contribution is 5.73. The van der Waals surface area contributed by atoms with Crippen LogP contribution in [0.25, 0.3) is 0 Å². The Morgan fingerprint density at radius 1 is 0.676 bits per heavy atom. The Labute approximate surface area is 211 Å². The van der Waals surface area contributed by atoms with Gasteiger partial charge in [0.2, 0.25) is 0 Å². The summed E-state index contributed by atoms with van der Waals surface area (Å²) in [6.07, 6.45) is 26.6. The molecule has 0 aliphatic carbocycles. The lowest BCUT2D eigenvalue weighted by molar-refractivity contribution is -0.135. The average Bonchev–Trinajstić information content (AvgIpc) is 2.83. The molecule has 34 heavy (non-hydrogen) atoms. The number of rotatable bonds is 23. The second kappa shape index (κ2) is 22.0. The van der Waals surface area contributed by atoms with E-state index in [9.17, 15) is 9.90 Å². The normalized spacial score (nSPS) is 12.1. The molecule has 0 heterocycles. The van der Waals surface area contributed by atoms with E-state index >= 15 is 0 Å². The highest BCUT2D eigenvalue weighted by Crippen LogP contribution is 2.27. The van der Waals surface area contributed by atoms with Crippen molar-refractivity contribution in [2.24, 2.45) is 5.92 Å². The molecule has 0 spiro atoms. The first-order valence-electron chi connectivity index (χ1n) is 14.7. The first-order chi connectivity index (χ1) is 16.7. The van der Waals surface area contributed by atoms with E-state index < -0.39 is 0 Å². The minimum absolute atomic E-state index is 0.0326. The van der Waals surface area contributed by atoms with Gasteiger partial charge < -0.3 is 9.84 Å². The molecule has 0 amide bonds. The Kier molecular flexibility index (Phi) is 19.7. The molecule has 1 N–H and O–H groups in total. The van der Waals surface area contributed by atoms with Gasteiger partial charge in [0, 0.05) is 6.42 Å². The number of aromatic hydroxyl groups is 1. The van der Waals surface area contributed by atoms with Crippen molar-refractivity contribution >= 4 is 5.97 Å². The summed E-state index contributed by atoms with van der Waals surface area (Å²) < 4.78 is 5.47. The van der Waals surface area contributed by atoms with Crippen molar-refractivity contribution in [3.63, 3.8) is 0 Å². The number of carbonyl (C=O) groups excluding carboxylic acids is 1. The molecule has 0 saturated heterocycles. The van der Waals surface area contributed by atoms with E-state index in [-0.39, 0.29) is 17.5 Å². The van der Waals surface area contributed by atoms with E-state index in [2.05, 4.69) is 13.8 Å². The number of phenolic OH excluding ortho intramolecular Hbond substituents is 1. The molecule has 1 aromatic carbocycles. The molecule has 1 rings (SSSR count). The fraction of sp³-hybridized carbons (Fsp3) is 0.774. The second-order valence-electron chi connectivity index (χ2n) is 10.2. The number of unbranched alkanes of at least 4 members (excludes halogenated alkanes) is 16. The molecule has 0 aliphatic heterocycles. The predicted molar refractivity (Wildman–Crippen MR) is 146 cm³/mol. The molecule has 1 unspecified atom stereocenters. The SMILES string of the molecule is CCCCCCCCCCCCC(CCCCCCCCCC)CC(=O)Oc1ccccc1O. The summed E-state index contributed by atoms with van der Waals surface area (Å²) in [5.74, 6) is 0.494. The number of carbonyl (C=O) groups is 1. The highest BCUT2D eigenvalue weighted by atomic mass is 16.5. The lowest BCUT2D eigenvalue weighted by atomic mass is 9.91. The number of ether oxygens (including phenoxy) is 1. The van der Waals surface area contributed by atoms with Crippen molar-refractivity contribution < 1.29 is 14.6 Å². The van der Waals surface area contributed by atoms with Gasteiger partial charge in [0.15, 0.2) is 11.5 Å². The Hall–Kier alpha value is -1.51. The van der Waals surface area contributed by atoms with E-state index in [1.807, 2.05) is 0 Å². The third-order valence-corrected chi connectivity index (χ3v) is 6.98. The van der Waals surface area contributed by atoms with Crippen molar-refractivity contribution in [1.82, 2.24) is 0 Å². The summed E-state index contributed by atoms with van der Waals surface area (Å²) >= 11 is 0. The Morgan fingerprint density at radius 3 is 1.53 bits per heavy atom. The first kappa shape index (κ1) is 30.5. The van der Waals surface area contributed by atoms with Crippen LogP contribution in [0.15, 0.2) is 24.3 Å². The molecule has 1 atom stereocenters. The molecule has 1 aromatic rings. The minimum atomic E-state index is -0.210. The van der Waals surface area contributed by atoms with Crippen molar-refractivity contribution in [3.05, 3.63) is 24.3 Å². The van der Waals surface area contributed by atoms with Gasteiger partial charge in [-0.1, -0.05) is 142 Å². The van der Waals surface area contributed by atoms with Gasteiger partial charge in [0.1, 0.15) is 0 Å². The summed E-state index contributed by atoms with van der Waals surface area (Å²) in [6.45, 7) is 4.53. The van der Waals surface area contributed by atoms with E-state index in [1.165, 1.54) is 116 Å². The van der Waals surface area contributed by atoms with E-state index in [0.29, 0.717) is 12.3 Å². The molecular formula is C31H54O3. The zero-order valence-electron chi connectivity index (χ0n) is 22.5. The molecule has 0 aromatic heterocycles. The van der Waals surface area contributed by atoms with Gasteiger partial charge in [-0.2, -0.15) is 0 Å². The minimum Gasteiger partial charge on any atom is -0.504 e. The van der Waals surface area contributed by atoms with Crippen LogP contribution in [0.4, 0.5) is 0 Å². The largest absolute Gasteiger partial charge is 0.504 e. The molecule has 3 nitrogen and oxygen atoms in total. The van der Waals surface area contributed by atoms with Gasteiger partial charge >= 0.3 is 5.97 Å². The standard InChI is InChI=1S/C31H54O3/c1-3-5-7-9-11-13-14-16-18-20-24-28(23-19-17-15-12-10-8-6-4-2)27-31(33)34-30-26-22-21-25-29(30)32/h21-22,25-26,28,32H,3-20,23-24,27H2,1-2H3.